The zero-order valence-electron chi connectivity index (χ0n) is 10.9. The SMILES string of the molecule is NC1CCCc2nc(-c3ccccc3C3CC3)sc21. The molecule has 2 N–H and O–H groups in total. The van der Waals surface area contributed by atoms with E-state index in [-0.39, 0.29) is 6.04 Å². The van der Waals surface area contributed by atoms with Gasteiger partial charge in [0.2, 0.25) is 0 Å². The van der Waals surface area contributed by atoms with Crippen molar-refractivity contribution in [2.45, 2.75) is 44.1 Å². The Hall–Kier alpha value is -1.19. The Labute approximate surface area is 117 Å². The fourth-order valence-electron chi connectivity index (χ4n) is 3.01. The topological polar surface area (TPSA) is 38.9 Å². The molecule has 1 aromatic heterocycles. The fourth-order valence-corrected chi connectivity index (χ4v) is 4.20. The summed E-state index contributed by atoms with van der Waals surface area (Å²) in [5.74, 6) is 0.769. The van der Waals surface area contributed by atoms with E-state index < -0.39 is 0 Å². The minimum absolute atomic E-state index is 0.211. The second kappa shape index (κ2) is 4.43. The molecule has 1 aromatic carbocycles. The largest absolute Gasteiger partial charge is 0.323 e. The van der Waals surface area contributed by atoms with E-state index in [0.29, 0.717) is 0 Å². The van der Waals surface area contributed by atoms with Gasteiger partial charge in [0.1, 0.15) is 5.01 Å². The third kappa shape index (κ3) is 2.01. The molecule has 1 unspecified atom stereocenters. The number of nitrogens with two attached hydrogens (primary N) is 1. The van der Waals surface area contributed by atoms with E-state index in [2.05, 4.69) is 24.3 Å². The molecular formula is C16H18N2S. The van der Waals surface area contributed by atoms with Gasteiger partial charge in [0.15, 0.2) is 0 Å². The number of hydrogen-bond donors (Lipinski definition) is 1. The molecule has 0 bridgehead atoms. The van der Waals surface area contributed by atoms with Crippen LogP contribution in [0, 0.1) is 0 Å². The maximum atomic E-state index is 6.22. The van der Waals surface area contributed by atoms with Crippen LogP contribution in [0.5, 0.6) is 0 Å². The third-order valence-electron chi connectivity index (χ3n) is 4.20. The van der Waals surface area contributed by atoms with Crippen molar-refractivity contribution in [1.29, 1.82) is 0 Å². The molecule has 1 fully saturated rings. The van der Waals surface area contributed by atoms with E-state index in [1.165, 1.54) is 46.0 Å². The lowest BCUT2D eigenvalue weighted by Crippen LogP contribution is -2.15. The number of thiazole rings is 1. The Kier molecular flexibility index (Phi) is 2.71. The molecule has 2 aliphatic carbocycles. The van der Waals surface area contributed by atoms with Gasteiger partial charge in [-0.3, -0.25) is 0 Å². The van der Waals surface area contributed by atoms with E-state index in [4.69, 9.17) is 10.7 Å². The summed E-state index contributed by atoms with van der Waals surface area (Å²) < 4.78 is 0. The average molecular weight is 270 g/mol. The monoisotopic (exact) mass is 270 g/mol. The lowest BCUT2D eigenvalue weighted by molar-refractivity contribution is 0.573. The summed E-state index contributed by atoms with van der Waals surface area (Å²) in [5, 5.41) is 1.19. The van der Waals surface area contributed by atoms with Gasteiger partial charge in [-0.2, -0.15) is 0 Å². The Morgan fingerprint density at radius 1 is 1.16 bits per heavy atom. The van der Waals surface area contributed by atoms with Gasteiger partial charge in [-0.05, 0) is 43.6 Å². The summed E-state index contributed by atoms with van der Waals surface area (Å²) in [6.45, 7) is 0. The molecule has 2 aromatic rings. The predicted molar refractivity (Wildman–Crippen MR) is 79.4 cm³/mol. The fraction of sp³-hybridized carbons (Fsp3) is 0.438. The molecule has 2 aliphatic rings. The zero-order chi connectivity index (χ0) is 12.8. The molecule has 0 aliphatic heterocycles. The van der Waals surface area contributed by atoms with Crippen LogP contribution in [0.2, 0.25) is 0 Å². The minimum atomic E-state index is 0.211. The number of aromatic nitrogens is 1. The van der Waals surface area contributed by atoms with Crippen molar-refractivity contribution in [2.24, 2.45) is 5.73 Å². The average Bonchev–Trinajstić information content (AvgIpc) is 3.18. The van der Waals surface area contributed by atoms with Crippen molar-refractivity contribution >= 4 is 11.3 Å². The van der Waals surface area contributed by atoms with Crippen LogP contribution in [-0.2, 0) is 6.42 Å². The van der Waals surface area contributed by atoms with Crippen LogP contribution in [-0.4, -0.2) is 4.98 Å². The summed E-state index contributed by atoms with van der Waals surface area (Å²) in [6, 6.07) is 8.98. The molecular weight excluding hydrogens is 252 g/mol. The molecule has 0 radical (unpaired) electrons. The highest BCUT2D eigenvalue weighted by Gasteiger charge is 2.28. The summed E-state index contributed by atoms with van der Waals surface area (Å²) in [6.07, 6.45) is 6.06. The molecule has 98 valence electrons. The highest BCUT2D eigenvalue weighted by molar-refractivity contribution is 7.15. The van der Waals surface area contributed by atoms with Gasteiger partial charge in [-0.15, -0.1) is 11.3 Å². The second-order valence-electron chi connectivity index (χ2n) is 5.69. The number of hydrogen-bond acceptors (Lipinski definition) is 3. The van der Waals surface area contributed by atoms with Crippen LogP contribution in [0.15, 0.2) is 24.3 Å². The Bertz CT molecular complexity index is 613. The van der Waals surface area contributed by atoms with Crippen LogP contribution in [0.1, 0.15) is 53.8 Å². The Morgan fingerprint density at radius 3 is 2.79 bits per heavy atom. The molecule has 1 heterocycles. The Morgan fingerprint density at radius 2 is 2.00 bits per heavy atom. The normalized spacial score (nSPS) is 22.3. The van der Waals surface area contributed by atoms with E-state index in [9.17, 15) is 0 Å². The van der Waals surface area contributed by atoms with Crippen LogP contribution in [0.3, 0.4) is 0 Å². The van der Waals surface area contributed by atoms with E-state index >= 15 is 0 Å². The minimum Gasteiger partial charge on any atom is -0.323 e. The number of fused-ring (bicyclic) bond motifs is 1. The predicted octanol–water partition coefficient (Wildman–Crippen LogP) is 4.02. The zero-order valence-corrected chi connectivity index (χ0v) is 11.7. The summed E-state index contributed by atoms with van der Waals surface area (Å²) in [7, 11) is 0. The van der Waals surface area contributed by atoms with Gasteiger partial charge in [-0.25, -0.2) is 4.98 Å². The van der Waals surface area contributed by atoms with E-state index in [0.717, 1.165) is 18.8 Å². The molecule has 4 rings (SSSR count). The van der Waals surface area contributed by atoms with Crippen molar-refractivity contribution in [3.05, 3.63) is 40.4 Å². The second-order valence-corrected chi connectivity index (χ2v) is 6.72. The van der Waals surface area contributed by atoms with E-state index in [1.54, 1.807) is 0 Å². The van der Waals surface area contributed by atoms with Gasteiger partial charge in [-0.1, -0.05) is 24.3 Å². The van der Waals surface area contributed by atoms with E-state index in [1.807, 2.05) is 11.3 Å². The first-order valence-electron chi connectivity index (χ1n) is 7.17. The number of nitrogens with zero attached hydrogens (tertiary/aromatic N) is 1. The molecule has 19 heavy (non-hydrogen) atoms. The third-order valence-corrected chi connectivity index (χ3v) is 5.46. The van der Waals surface area contributed by atoms with Crippen molar-refractivity contribution < 1.29 is 0 Å². The highest BCUT2D eigenvalue weighted by atomic mass is 32.1. The lowest BCUT2D eigenvalue weighted by Gasteiger charge is -2.15. The van der Waals surface area contributed by atoms with Crippen molar-refractivity contribution in [3.8, 4) is 10.6 Å². The smallest absolute Gasteiger partial charge is 0.124 e. The molecule has 0 saturated heterocycles. The van der Waals surface area contributed by atoms with Crippen molar-refractivity contribution in [1.82, 2.24) is 4.98 Å². The first-order chi connectivity index (χ1) is 9.33. The quantitative estimate of drug-likeness (QED) is 0.895. The Balaban J connectivity index is 1.80. The van der Waals surface area contributed by atoms with Gasteiger partial charge in [0, 0.05) is 16.5 Å². The molecule has 3 heteroatoms. The number of benzene rings is 1. The summed E-state index contributed by atoms with van der Waals surface area (Å²) in [4.78, 5) is 6.21. The van der Waals surface area contributed by atoms with Gasteiger partial charge >= 0.3 is 0 Å². The van der Waals surface area contributed by atoms with Crippen molar-refractivity contribution in [2.75, 3.05) is 0 Å². The maximum absolute atomic E-state index is 6.22. The first kappa shape index (κ1) is 11.6. The highest BCUT2D eigenvalue weighted by Crippen LogP contribution is 2.46. The van der Waals surface area contributed by atoms with Crippen LogP contribution < -0.4 is 5.73 Å². The molecule has 0 spiro atoms. The molecule has 1 saturated carbocycles. The summed E-state index contributed by atoms with van der Waals surface area (Å²) >= 11 is 1.82. The van der Waals surface area contributed by atoms with Gasteiger partial charge < -0.3 is 5.73 Å². The van der Waals surface area contributed by atoms with Crippen LogP contribution >= 0.6 is 11.3 Å². The molecule has 0 amide bonds. The van der Waals surface area contributed by atoms with Crippen molar-refractivity contribution in [3.63, 3.8) is 0 Å². The van der Waals surface area contributed by atoms with Crippen LogP contribution in [0.4, 0.5) is 0 Å². The van der Waals surface area contributed by atoms with Gasteiger partial charge in [0.05, 0.1) is 5.69 Å². The maximum Gasteiger partial charge on any atom is 0.124 e. The van der Waals surface area contributed by atoms with Gasteiger partial charge in [0.25, 0.3) is 0 Å². The summed E-state index contributed by atoms with van der Waals surface area (Å²) in [5.41, 5.74) is 10.3. The molecule has 1 atom stereocenters. The lowest BCUT2D eigenvalue weighted by atomic mass is 9.99. The number of aryl methyl sites for hydroxylation is 1. The van der Waals surface area contributed by atoms with Crippen LogP contribution in [0.25, 0.3) is 10.6 Å². The standard InChI is InChI=1S/C16H18N2S/c17-13-6-3-7-14-15(13)19-16(18-14)12-5-2-1-4-11(12)10-8-9-10/h1-2,4-5,10,13H,3,6-9,17H2. The number of rotatable bonds is 2. The molecule has 2 nitrogen and oxygen atoms in total. The first-order valence-corrected chi connectivity index (χ1v) is 7.99.